The van der Waals surface area contributed by atoms with Crippen LogP contribution in [0.4, 0.5) is 5.69 Å². The summed E-state index contributed by atoms with van der Waals surface area (Å²) in [5.41, 5.74) is 2.13. The molecule has 0 unspecified atom stereocenters. The van der Waals surface area contributed by atoms with Crippen LogP contribution in [0.15, 0.2) is 18.2 Å². The predicted molar refractivity (Wildman–Crippen MR) is 55.4 cm³/mol. The number of halogens is 1. The molecule has 2 nitrogen and oxygen atoms in total. The molecule has 0 aliphatic heterocycles. The molecule has 1 N–H and O–H groups in total. The molecule has 0 aliphatic rings. The van der Waals surface area contributed by atoms with E-state index in [0.29, 0.717) is 13.0 Å². The molecule has 1 aromatic rings. The van der Waals surface area contributed by atoms with E-state index in [1.165, 1.54) is 0 Å². The summed E-state index contributed by atoms with van der Waals surface area (Å²) in [6.07, 6.45) is 1.43. The topological polar surface area (TPSA) is 29.1 Å². The maximum Gasteiger partial charge on any atom is 0.121 e. The van der Waals surface area contributed by atoms with Crippen molar-refractivity contribution in [2.75, 3.05) is 11.9 Å². The van der Waals surface area contributed by atoms with Crippen molar-refractivity contribution >= 4 is 23.6 Å². The summed E-state index contributed by atoms with van der Waals surface area (Å²) in [6.45, 7) is 2.65. The van der Waals surface area contributed by atoms with E-state index in [1.54, 1.807) is 0 Å². The highest BCUT2D eigenvalue weighted by atomic mass is 35.5. The molecule has 0 radical (unpaired) electrons. The Morgan fingerprint density at radius 2 is 2.31 bits per heavy atom. The summed E-state index contributed by atoms with van der Waals surface area (Å²) in [5, 5.41) is 3.89. The van der Waals surface area contributed by atoms with Gasteiger partial charge in [0.05, 0.1) is 0 Å². The summed E-state index contributed by atoms with van der Waals surface area (Å²) >= 11 is 5.79. The van der Waals surface area contributed by atoms with Gasteiger partial charge in [0.2, 0.25) is 0 Å². The Morgan fingerprint density at radius 3 is 2.92 bits per heavy atom. The van der Waals surface area contributed by atoms with Gasteiger partial charge < -0.3 is 10.1 Å². The van der Waals surface area contributed by atoms with E-state index < -0.39 is 0 Å². The Morgan fingerprint density at radius 1 is 1.54 bits per heavy atom. The van der Waals surface area contributed by atoms with Crippen LogP contribution >= 0.6 is 11.6 Å². The van der Waals surface area contributed by atoms with Crippen molar-refractivity contribution < 1.29 is 4.79 Å². The van der Waals surface area contributed by atoms with Crippen LogP contribution in [-0.2, 0) is 4.79 Å². The molecule has 0 amide bonds. The van der Waals surface area contributed by atoms with Crippen molar-refractivity contribution in [2.45, 2.75) is 13.3 Å². The molecular weight excluding hydrogens is 186 g/mol. The van der Waals surface area contributed by atoms with Crippen LogP contribution in [-0.4, -0.2) is 12.8 Å². The standard InChI is InChI=1S/C10H12ClNO/c1-8-7-9(11)3-4-10(8)12-5-2-6-13/h3-4,6-7,12H,2,5H2,1H3. The van der Waals surface area contributed by atoms with Gasteiger partial charge in [-0.05, 0) is 30.7 Å². The van der Waals surface area contributed by atoms with Crippen LogP contribution in [0.5, 0.6) is 0 Å². The molecule has 0 fully saturated rings. The third-order valence-corrected chi connectivity index (χ3v) is 2.00. The van der Waals surface area contributed by atoms with Crippen LogP contribution in [0.1, 0.15) is 12.0 Å². The SMILES string of the molecule is Cc1cc(Cl)ccc1NCCC=O. The van der Waals surface area contributed by atoms with Crippen molar-refractivity contribution in [1.82, 2.24) is 0 Å². The second-order valence-corrected chi connectivity index (χ2v) is 3.28. The van der Waals surface area contributed by atoms with Crippen LogP contribution in [0.3, 0.4) is 0 Å². The molecule has 0 aliphatic carbocycles. The van der Waals surface area contributed by atoms with Gasteiger partial charge in [-0.3, -0.25) is 0 Å². The Hall–Kier alpha value is -1.02. The summed E-state index contributed by atoms with van der Waals surface area (Å²) in [5.74, 6) is 0. The Labute approximate surface area is 82.9 Å². The predicted octanol–water partition coefficient (Wildman–Crippen LogP) is 2.65. The fourth-order valence-electron chi connectivity index (χ4n) is 1.09. The van der Waals surface area contributed by atoms with Crippen LogP contribution < -0.4 is 5.32 Å². The molecule has 0 bridgehead atoms. The zero-order chi connectivity index (χ0) is 9.68. The minimum Gasteiger partial charge on any atom is -0.384 e. The number of anilines is 1. The number of rotatable bonds is 4. The largest absolute Gasteiger partial charge is 0.384 e. The van der Waals surface area contributed by atoms with Crippen molar-refractivity contribution in [1.29, 1.82) is 0 Å². The number of nitrogens with one attached hydrogen (secondary N) is 1. The summed E-state index contributed by atoms with van der Waals surface area (Å²) in [7, 11) is 0. The van der Waals surface area contributed by atoms with Gasteiger partial charge >= 0.3 is 0 Å². The second kappa shape index (κ2) is 4.87. The van der Waals surface area contributed by atoms with E-state index in [2.05, 4.69) is 5.32 Å². The van der Waals surface area contributed by atoms with E-state index in [-0.39, 0.29) is 0 Å². The van der Waals surface area contributed by atoms with Crippen molar-refractivity contribution in [3.8, 4) is 0 Å². The Kier molecular flexibility index (Phi) is 3.77. The molecule has 3 heteroatoms. The lowest BCUT2D eigenvalue weighted by molar-refractivity contribution is -0.107. The van der Waals surface area contributed by atoms with E-state index in [4.69, 9.17) is 11.6 Å². The summed E-state index contributed by atoms with van der Waals surface area (Å²) in [6, 6.07) is 5.64. The van der Waals surface area contributed by atoms with Crippen molar-refractivity contribution in [2.24, 2.45) is 0 Å². The van der Waals surface area contributed by atoms with E-state index in [0.717, 1.165) is 22.6 Å². The first kappa shape index (κ1) is 10.1. The number of carbonyl (C=O) groups is 1. The fraction of sp³-hybridized carbons (Fsp3) is 0.300. The maximum absolute atomic E-state index is 10.1. The number of aryl methyl sites for hydroxylation is 1. The first-order valence-electron chi connectivity index (χ1n) is 4.17. The van der Waals surface area contributed by atoms with Crippen molar-refractivity contribution in [3.63, 3.8) is 0 Å². The molecule has 1 aromatic carbocycles. The average molecular weight is 198 g/mol. The third-order valence-electron chi connectivity index (χ3n) is 1.77. The first-order valence-corrected chi connectivity index (χ1v) is 4.55. The summed E-state index contributed by atoms with van der Waals surface area (Å²) in [4.78, 5) is 10.1. The van der Waals surface area contributed by atoms with E-state index in [9.17, 15) is 4.79 Å². The molecule has 0 heterocycles. The minimum absolute atomic E-state index is 0.530. The average Bonchev–Trinajstić information content (AvgIpc) is 2.09. The number of aldehydes is 1. The number of carbonyl (C=O) groups excluding carboxylic acids is 1. The highest BCUT2D eigenvalue weighted by molar-refractivity contribution is 6.30. The van der Waals surface area contributed by atoms with E-state index >= 15 is 0 Å². The Balaban J connectivity index is 2.61. The van der Waals surface area contributed by atoms with Gasteiger partial charge in [-0.25, -0.2) is 0 Å². The molecule has 13 heavy (non-hydrogen) atoms. The lowest BCUT2D eigenvalue weighted by Crippen LogP contribution is -2.02. The van der Waals surface area contributed by atoms with Gasteiger partial charge in [-0.2, -0.15) is 0 Å². The zero-order valence-electron chi connectivity index (χ0n) is 7.51. The highest BCUT2D eigenvalue weighted by Crippen LogP contribution is 2.19. The van der Waals surface area contributed by atoms with Crippen molar-refractivity contribution in [3.05, 3.63) is 28.8 Å². The van der Waals surface area contributed by atoms with Gasteiger partial charge in [-0.1, -0.05) is 11.6 Å². The van der Waals surface area contributed by atoms with E-state index in [1.807, 2.05) is 25.1 Å². The lowest BCUT2D eigenvalue weighted by atomic mass is 10.2. The third kappa shape index (κ3) is 3.07. The van der Waals surface area contributed by atoms with Gasteiger partial charge in [0.1, 0.15) is 6.29 Å². The second-order valence-electron chi connectivity index (χ2n) is 2.84. The molecule has 1 rings (SSSR count). The molecule has 0 spiro atoms. The van der Waals surface area contributed by atoms with Gasteiger partial charge in [0, 0.05) is 23.7 Å². The molecule has 0 saturated carbocycles. The molecular formula is C10H12ClNO. The molecule has 0 atom stereocenters. The van der Waals surface area contributed by atoms with Crippen LogP contribution in [0.25, 0.3) is 0 Å². The molecule has 0 saturated heterocycles. The number of hydrogen-bond donors (Lipinski definition) is 1. The highest BCUT2D eigenvalue weighted by Gasteiger charge is 1.97. The van der Waals surface area contributed by atoms with Gasteiger partial charge in [0.15, 0.2) is 0 Å². The Bertz CT molecular complexity index is 299. The van der Waals surface area contributed by atoms with Gasteiger partial charge in [0.25, 0.3) is 0 Å². The minimum atomic E-state index is 0.530. The van der Waals surface area contributed by atoms with Gasteiger partial charge in [-0.15, -0.1) is 0 Å². The number of hydrogen-bond acceptors (Lipinski definition) is 2. The monoisotopic (exact) mass is 197 g/mol. The first-order chi connectivity index (χ1) is 6.24. The lowest BCUT2D eigenvalue weighted by Gasteiger charge is -2.07. The quantitative estimate of drug-likeness (QED) is 0.594. The molecule has 70 valence electrons. The van der Waals surface area contributed by atoms with Crippen LogP contribution in [0.2, 0.25) is 5.02 Å². The summed E-state index contributed by atoms with van der Waals surface area (Å²) < 4.78 is 0. The smallest absolute Gasteiger partial charge is 0.121 e. The fourth-order valence-corrected chi connectivity index (χ4v) is 1.32. The molecule has 0 aromatic heterocycles. The number of benzene rings is 1. The zero-order valence-corrected chi connectivity index (χ0v) is 8.27. The normalized spacial score (nSPS) is 9.69. The maximum atomic E-state index is 10.1. The van der Waals surface area contributed by atoms with Crippen LogP contribution in [0, 0.1) is 6.92 Å².